The molecule has 36 heavy (non-hydrogen) atoms. The number of rotatable bonds is 8. The molecule has 1 aliphatic rings. The van der Waals surface area contributed by atoms with Crippen molar-refractivity contribution in [3.05, 3.63) is 75.4 Å². The molecule has 5 rings (SSSR count). The van der Waals surface area contributed by atoms with Crippen LogP contribution in [-0.4, -0.2) is 48.0 Å². The van der Waals surface area contributed by atoms with Crippen LogP contribution in [-0.2, 0) is 16.0 Å². The second-order valence-electron chi connectivity index (χ2n) is 8.76. The van der Waals surface area contributed by atoms with E-state index in [1.807, 2.05) is 18.4 Å². The molecule has 0 saturated carbocycles. The molecule has 0 radical (unpaired) electrons. The van der Waals surface area contributed by atoms with Crippen LogP contribution < -0.4 is 9.64 Å². The van der Waals surface area contributed by atoms with Crippen molar-refractivity contribution in [2.45, 2.75) is 32.3 Å². The molecule has 1 saturated heterocycles. The number of H-pyrrole nitrogens is 1. The zero-order chi connectivity index (χ0) is 25.2. The Bertz CT molecular complexity index is 1390. The first kappa shape index (κ1) is 24.5. The van der Waals surface area contributed by atoms with Crippen molar-refractivity contribution in [1.29, 1.82) is 0 Å². The standard InChI is InChI=1S/C27H26ClN3O4S/c1-16-20(14-23(32)31(27-29-11-13-36-27)15-19-4-3-12-35-19)24-21(30-16)9-10-22(34-2)25(24)26(33)17-5-7-18(28)8-6-17/h5-11,13,19,30H,3-4,12,14-15H2,1-2H3. The highest BCUT2D eigenvalue weighted by Crippen LogP contribution is 2.35. The van der Waals surface area contributed by atoms with Gasteiger partial charge in [-0.3, -0.25) is 14.5 Å². The molecule has 0 bridgehead atoms. The first-order valence-electron chi connectivity index (χ1n) is 11.8. The summed E-state index contributed by atoms with van der Waals surface area (Å²) in [5.74, 6) is 0.154. The van der Waals surface area contributed by atoms with Gasteiger partial charge < -0.3 is 14.5 Å². The SMILES string of the molecule is COc1ccc2[nH]c(C)c(CC(=O)N(CC3CCCO3)c3nccs3)c2c1C(=O)c1ccc(Cl)cc1. The predicted octanol–water partition coefficient (Wildman–Crippen LogP) is 5.58. The molecule has 2 aromatic carbocycles. The van der Waals surface area contributed by atoms with E-state index in [0.29, 0.717) is 45.6 Å². The number of ketones is 1. The zero-order valence-corrected chi connectivity index (χ0v) is 21.6. The molecule has 186 valence electrons. The second kappa shape index (κ2) is 10.4. The zero-order valence-electron chi connectivity index (χ0n) is 20.0. The van der Waals surface area contributed by atoms with Gasteiger partial charge in [-0.2, -0.15) is 0 Å². The normalized spacial score (nSPS) is 15.4. The summed E-state index contributed by atoms with van der Waals surface area (Å²) in [4.78, 5) is 36.9. The molecular formula is C27H26ClN3O4S. The fourth-order valence-corrected chi connectivity index (χ4v) is 5.50. The van der Waals surface area contributed by atoms with Crippen LogP contribution in [0, 0.1) is 6.92 Å². The fraction of sp³-hybridized carbons (Fsp3) is 0.296. The molecule has 1 N–H and O–H groups in total. The number of aromatic nitrogens is 2. The summed E-state index contributed by atoms with van der Waals surface area (Å²) in [5.41, 5.74) is 3.27. The summed E-state index contributed by atoms with van der Waals surface area (Å²) >= 11 is 7.46. The molecule has 1 unspecified atom stereocenters. The van der Waals surface area contributed by atoms with Crippen LogP contribution in [0.25, 0.3) is 10.9 Å². The number of methoxy groups -OCH3 is 1. The summed E-state index contributed by atoms with van der Waals surface area (Å²) in [6.45, 7) is 3.08. The number of anilines is 1. The Morgan fingerprint density at radius 2 is 2.06 bits per heavy atom. The summed E-state index contributed by atoms with van der Waals surface area (Å²) in [7, 11) is 1.54. The van der Waals surface area contributed by atoms with Crippen LogP contribution in [0.2, 0.25) is 5.02 Å². The molecule has 1 aliphatic heterocycles. The minimum Gasteiger partial charge on any atom is -0.496 e. The predicted molar refractivity (Wildman–Crippen MR) is 142 cm³/mol. The lowest BCUT2D eigenvalue weighted by Crippen LogP contribution is -2.38. The molecule has 2 aromatic heterocycles. The molecular weight excluding hydrogens is 498 g/mol. The number of nitrogens with zero attached hydrogens (tertiary/aromatic N) is 2. The third kappa shape index (κ3) is 4.76. The Hall–Kier alpha value is -3.20. The number of halogens is 1. The van der Waals surface area contributed by atoms with Crippen LogP contribution >= 0.6 is 22.9 Å². The van der Waals surface area contributed by atoms with E-state index in [9.17, 15) is 9.59 Å². The number of amides is 1. The molecule has 0 spiro atoms. The lowest BCUT2D eigenvalue weighted by Gasteiger charge is -2.23. The van der Waals surface area contributed by atoms with Crippen LogP contribution in [0.4, 0.5) is 5.13 Å². The number of ether oxygens (including phenoxy) is 2. The number of benzene rings is 2. The average molecular weight is 524 g/mol. The highest BCUT2D eigenvalue weighted by atomic mass is 35.5. The summed E-state index contributed by atoms with van der Waals surface area (Å²) in [6, 6.07) is 10.4. The fourth-order valence-electron chi connectivity index (χ4n) is 4.70. The van der Waals surface area contributed by atoms with Crippen molar-refractivity contribution >= 4 is 50.7 Å². The van der Waals surface area contributed by atoms with E-state index in [2.05, 4.69) is 9.97 Å². The molecule has 9 heteroatoms. The van der Waals surface area contributed by atoms with Crippen LogP contribution in [0.5, 0.6) is 5.75 Å². The van der Waals surface area contributed by atoms with E-state index < -0.39 is 0 Å². The monoisotopic (exact) mass is 523 g/mol. The van der Waals surface area contributed by atoms with Crippen molar-refractivity contribution in [3.8, 4) is 5.75 Å². The summed E-state index contributed by atoms with van der Waals surface area (Å²) < 4.78 is 11.4. The smallest absolute Gasteiger partial charge is 0.233 e. The van der Waals surface area contributed by atoms with Gasteiger partial charge in [0.25, 0.3) is 0 Å². The van der Waals surface area contributed by atoms with Crippen molar-refractivity contribution < 1.29 is 19.1 Å². The van der Waals surface area contributed by atoms with Gasteiger partial charge in [-0.15, -0.1) is 11.3 Å². The Balaban J connectivity index is 1.56. The van der Waals surface area contributed by atoms with Crippen molar-refractivity contribution in [2.75, 3.05) is 25.2 Å². The number of carbonyl (C=O) groups is 2. The average Bonchev–Trinajstić information content (AvgIpc) is 3.64. The van der Waals surface area contributed by atoms with Gasteiger partial charge in [-0.05, 0) is 61.7 Å². The van der Waals surface area contributed by atoms with E-state index in [1.54, 1.807) is 41.4 Å². The van der Waals surface area contributed by atoms with Gasteiger partial charge in [0, 0.05) is 45.4 Å². The molecule has 4 aromatic rings. The Kier molecular flexibility index (Phi) is 7.09. The minimum absolute atomic E-state index is 0.0101. The van der Waals surface area contributed by atoms with E-state index in [-0.39, 0.29) is 24.2 Å². The van der Waals surface area contributed by atoms with Crippen molar-refractivity contribution in [3.63, 3.8) is 0 Å². The van der Waals surface area contributed by atoms with Gasteiger partial charge in [0.05, 0.1) is 31.7 Å². The molecule has 0 aliphatic carbocycles. The molecule has 3 heterocycles. The number of hydrogen-bond donors (Lipinski definition) is 1. The number of fused-ring (bicyclic) bond motifs is 1. The highest BCUT2D eigenvalue weighted by molar-refractivity contribution is 7.13. The van der Waals surface area contributed by atoms with Gasteiger partial charge in [-0.1, -0.05) is 11.6 Å². The maximum Gasteiger partial charge on any atom is 0.233 e. The number of thiazole rings is 1. The largest absolute Gasteiger partial charge is 0.496 e. The Labute approximate surface area is 218 Å². The maximum atomic E-state index is 13.7. The second-order valence-corrected chi connectivity index (χ2v) is 10.1. The minimum atomic E-state index is -0.196. The van der Waals surface area contributed by atoms with E-state index >= 15 is 0 Å². The van der Waals surface area contributed by atoms with Crippen molar-refractivity contribution in [1.82, 2.24) is 9.97 Å². The number of hydrogen-bond acceptors (Lipinski definition) is 6. The third-order valence-corrected chi connectivity index (χ3v) is 7.53. The van der Waals surface area contributed by atoms with Gasteiger partial charge in [0.15, 0.2) is 10.9 Å². The molecule has 7 nitrogen and oxygen atoms in total. The van der Waals surface area contributed by atoms with Crippen molar-refractivity contribution in [2.24, 2.45) is 0 Å². The third-order valence-electron chi connectivity index (χ3n) is 6.49. The first-order chi connectivity index (χ1) is 17.5. The number of aromatic amines is 1. The maximum absolute atomic E-state index is 13.7. The summed E-state index contributed by atoms with van der Waals surface area (Å²) in [5, 5.41) is 3.74. The van der Waals surface area contributed by atoms with Crippen LogP contribution in [0.15, 0.2) is 48.0 Å². The van der Waals surface area contributed by atoms with Crippen LogP contribution in [0.3, 0.4) is 0 Å². The topological polar surface area (TPSA) is 84.5 Å². The van der Waals surface area contributed by atoms with Gasteiger partial charge in [-0.25, -0.2) is 4.98 Å². The molecule has 1 atom stereocenters. The van der Waals surface area contributed by atoms with E-state index in [1.165, 1.54) is 18.4 Å². The Morgan fingerprint density at radius 1 is 1.25 bits per heavy atom. The van der Waals surface area contributed by atoms with E-state index in [0.717, 1.165) is 29.6 Å². The van der Waals surface area contributed by atoms with Crippen LogP contribution in [0.1, 0.15) is 40.0 Å². The van der Waals surface area contributed by atoms with E-state index in [4.69, 9.17) is 21.1 Å². The molecule has 1 fully saturated rings. The number of carbonyl (C=O) groups excluding carboxylic acids is 2. The van der Waals surface area contributed by atoms with Gasteiger partial charge in [0.1, 0.15) is 5.75 Å². The van der Waals surface area contributed by atoms with Gasteiger partial charge in [0.2, 0.25) is 5.91 Å². The lowest BCUT2D eigenvalue weighted by molar-refractivity contribution is -0.118. The lowest BCUT2D eigenvalue weighted by atomic mass is 9.95. The Morgan fingerprint density at radius 3 is 2.72 bits per heavy atom. The summed E-state index contributed by atoms with van der Waals surface area (Å²) in [6.07, 6.45) is 3.69. The number of nitrogens with one attached hydrogen (secondary N) is 1. The van der Waals surface area contributed by atoms with Gasteiger partial charge >= 0.3 is 0 Å². The number of aryl methyl sites for hydroxylation is 1. The quantitative estimate of drug-likeness (QED) is 0.305. The first-order valence-corrected chi connectivity index (χ1v) is 13.0. The highest BCUT2D eigenvalue weighted by Gasteiger charge is 2.28. The molecule has 1 amide bonds.